The second-order valence-electron chi connectivity index (χ2n) is 8.76. The van der Waals surface area contributed by atoms with Crippen molar-refractivity contribution >= 4 is 29.3 Å². The van der Waals surface area contributed by atoms with E-state index in [0.717, 1.165) is 0 Å². The van der Waals surface area contributed by atoms with Gasteiger partial charge in [0, 0.05) is 18.4 Å². The van der Waals surface area contributed by atoms with Crippen LogP contribution in [-0.4, -0.2) is 57.4 Å². The number of benzene rings is 2. The summed E-state index contributed by atoms with van der Waals surface area (Å²) in [5, 5.41) is 31.7. The highest BCUT2D eigenvalue weighted by atomic mass is 16.6. The SMILES string of the molecule is CC1NC(C=O)C(CCOc2ccccc2)(C(=O)O)C(c2cccc3nonc23)C1(C)C(=O)O. The molecule has 1 fully saturated rings. The van der Waals surface area contributed by atoms with Gasteiger partial charge in [0.25, 0.3) is 0 Å². The topological polar surface area (TPSA) is 152 Å². The normalized spacial score (nSPS) is 28.9. The Labute approximate surface area is 194 Å². The minimum Gasteiger partial charge on any atom is -0.494 e. The molecule has 3 aromatic rings. The molecule has 10 heteroatoms. The quantitative estimate of drug-likeness (QED) is 0.421. The number of aldehydes is 1. The van der Waals surface area contributed by atoms with Crippen molar-refractivity contribution in [3.8, 4) is 5.75 Å². The molecule has 10 nitrogen and oxygen atoms in total. The van der Waals surface area contributed by atoms with Crippen LogP contribution < -0.4 is 10.1 Å². The van der Waals surface area contributed by atoms with Crippen molar-refractivity contribution in [2.45, 2.75) is 38.3 Å². The van der Waals surface area contributed by atoms with Gasteiger partial charge in [0.2, 0.25) is 0 Å². The first-order valence-electron chi connectivity index (χ1n) is 10.8. The highest BCUT2D eigenvalue weighted by molar-refractivity contribution is 5.90. The third kappa shape index (κ3) is 3.50. The van der Waals surface area contributed by atoms with E-state index in [2.05, 4.69) is 15.6 Å². The van der Waals surface area contributed by atoms with Gasteiger partial charge in [-0.25, -0.2) is 4.63 Å². The molecule has 178 valence electrons. The Bertz CT molecular complexity index is 1210. The molecule has 2 aromatic carbocycles. The molecule has 1 aliphatic heterocycles. The number of carbonyl (C=O) groups is 3. The Morgan fingerprint density at radius 1 is 1.12 bits per heavy atom. The number of rotatable bonds is 8. The summed E-state index contributed by atoms with van der Waals surface area (Å²) < 4.78 is 10.7. The molecule has 5 atom stereocenters. The van der Waals surface area contributed by atoms with E-state index in [1.165, 1.54) is 6.92 Å². The standard InChI is InChI=1S/C24H25N3O7/c1-14-23(2,21(29)30)20(16-9-6-10-17-19(16)27-34-26-17)24(22(31)32,18(13-28)25-14)11-12-33-15-7-4-3-5-8-15/h3-10,13-14,18,20,25H,11-12H2,1-2H3,(H,29,30)(H,31,32). The summed E-state index contributed by atoms with van der Waals surface area (Å²) in [5.74, 6) is -3.16. The van der Waals surface area contributed by atoms with E-state index < -0.39 is 40.8 Å². The van der Waals surface area contributed by atoms with Crippen molar-refractivity contribution in [1.29, 1.82) is 0 Å². The van der Waals surface area contributed by atoms with E-state index in [1.54, 1.807) is 49.4 Å². The average molecular weight is 467 g/mol. The number of ether oxygens (including phenoxy) is 1. The Morgan fingerprint density at radius 3 is 2.50 bits per heavy atom. The number of carbonyl (C=O) groups excluding carboxylic acids is 1. The smallest absolute Gasteiger partial charge is 0.312 e. The summed E-state index contributed by atoms with van der Waals surface area (Å²) in [5.41, 5.74) is -2.54. The zero-order valence-corrected chi connectivity index (χ0v) is 18.7. The summed E-state index contributed by atoms with van der Waals surface area (Å²) in [6.45, 7) is 3.06. The summed E-state index contributed by atoms with van der Waals surface area (Å²) in [6.07, 6.45) is 0.387. The molecular weight excluding hydrogens is 442 g/mol. The Morgan fingerprint density at radius 2 is 1.85 bits per heavy atom. The lowest BCUT2D eigenvalue weighted by atomic mass is 9.51. The van der Waals surface area contributed by atoms with Crippen LogP contribution in [0.25, 0.3) is 11.0 Å². The molecule has 0 amide bonds. The van der Waals surface area contributed by atoms with Crippen LogP contribution in [0.2, 0.25) is 0 Å². The first-order valence-corrected chi connectivity index (χ1v) is 10.8. The van der Waals surface area contributed by atoms with Gasteiger partial charge in [0.05, 0.1) is 18.1 Å². The van der Waals surface area contributed by atoms with Gasteiger partial charge < -0.3 is 25.1 Å². The largest absolute Gasteiger partial charge is 0.494 e. The highest BCUT2D eigenvalue weighted by Crippen LogP contribution is 2.57. The Hall–Kier alpha value is -3.79. The lowest BCUT2D eigenvalue weighted by molar-refractivity contribution is -0.173. The van der Waals surface area contributed by atoms with E-state index in [1.807, 2.05) is 6.07 Å². The van der Waals surface area contributed by atoms with Crippen LogP contribution in [0.1, 0.15) is 31.7 Å². The fraction of sp³-hybridized carbons (Fsp3) is 0.375. The molecule has 0 spiro atoms. The number of piperidine rings is 1. The fourth-order valence-electron chi connectivity index (χ4n) is 5.20. The molecular formula is C24H25N3O7. The number of nitrogens with zero attached hydrogens (tertiary/aromatic N) is 2. The number of carboxylic acid groups (broad SMARTS) is 2. The minimum absolute atomic E-state index is 0.0596. The summed E-state index contributed by atoms with van der Waals surface area (Å²) >= 11 is 0. The van der Waals surface area contributed by atoms with Gasteiger partial charge in [-0.3, -0.25) is 9.59 Å². The molecule has 4 rings (SSSR count). The molecule has 3 N–H and O–H groups in total. The first-order chi connectivity index (χ1) is 16.3. The third-order valence-corrected chi connectivity index (χ3v) is 7.15. The number of fused-ring (bicyclic) bond motifs is 1. The van der Waals surface area contributed by atoms with Crippen LogP contribution in [0.3, 0.4) is 0 Å². The van der Waals surface area contributed by atoms with Crippen LogP contribution >= 0.6 is 0 Å². The van der Waals surface area contributed by atoms with E-state index in [0.29, 0.717) is 23.1 Å². The van der Waals surface area contributed by atoms with Crippen LogP contribution in [0.5, 0.6) is 5.75 Å². The average Bonchev–Trinajstić information content (AvgIpc) is 3.31. The molecule has 0 aliphatic carbocycles. The lowest BCUT2D eigenvalue weighted by Gasteiger charge is -2.55. The van der Waals surface area contributed by atoms with Gasteiger partial charge in [-0.05, 0) is 47.9 Å². The number of hydrogen-bond donors (Lipinski definition) is 3. The molecule has 34 heavy (non-hydrogen) atoms. The van der Waals surface area contributed by atoms with E-state index >= 15 is 0 Å². The van der Waals surface area contributed by atoms with Crippen molar-refractivity contribution in [2.75, 3.05) is 6.61 Å². The Kier molecular flexibility index (Phi) is 6.09. The number of aromatic nitrogens is 2. The Balaban J connectivity index is 1.91. The van der Waals surface area contributed by atoms with Crippen LogP contribution in [0, 0.1) is 10.8 Å². The monoisotopic (exact) mass is 467 g/mol. The zero-order valence-electron chi connectivity index (χ0n) is 18.7. The number of hydrogen-bond acceptors (Lipinski definition) is 8. The summed E-state index contributed by atoms with van der Waals surface area (Å²) in [4.78, 5) is 38.1. The second-order valence-corrected chi connectivity index (χ2v) is 8.76. The van der Waals surface area contributed by atoms with Gasteiger partial charge in [0.1, 0.15) is 28.5 Å². The minimum atomic E-state index is -1.87. The van der Waals surface area contributed by atoms with E-state index in [-0.39, 0.29) is 18.5 Å². The molecule has 0 radical (unpaired) electrons. The molecule has 2 heterocycles. The predicted octanol–water partition coefficient (Wildman–Crippen LogP) is 2.50. The summed E-state index contributed by atoms with van der Waals surface area (Å²) in [6, 6.07) is 11.8. The third-order valence-electron chi connectivity index (χ3n) is 7.15. The number of carboxylic acids is 2. The van der Waals surface area contributed by atoms with Gasteiger partial charge in [-0.2, -0.15) is 0 Å². The van der Waals surface area contributed by atoms with Crippen LogP contribution in [-0.2, 0) is 14.4 Å². The second kappa shape index (κ2) is 8.86. The molecule has 1 aliphatic rings. The number of aliphatic carboxylic acids is 2. The van der Waals surface area contributed by atoms with E-state index in [4.69, 9.17) is 9.37 Å². The molecule has 1 saturated heterocycles. The maximum absolute atomic E-state index is 13.1. The maximum Gasteiger partial charge on any atom is 0.312 e. The molecule has 1 aromatic heterocycles. The number of nitrogens with one attached hydrogen (secondary N) is 1. The summed E-state index contributed by atoms with van der Waals surface area (Å²) in [7, 11) is 0. The van der Waals surface area contributed by atoms with Crippen molar-refractivity contribution in [3.63, 3.8) is 0 Å². The van der Waals surface area contributed by atoms with Crippen molar-refractivity contribution in [2.24, 2.45) is 10.8 Å². The molecule has 5 unspecified atom stereocenters. The number of para-hydroxylation sites is 1. The first kappa shape index (κ1) is 23.4. The lowest BCUT2D eigenvalue weighted by Crippen LogP contribution is -2.70. The fourth-order valence-corrected chi connectivity index (χ4v) is 5.20. The van der Waals surface area contributed by atoms with Crippen LogP contribution in [0.4, 0.5) is 0 Å². The highest BCUT2D eigenvalue weighted by Gasteiger charge is 2.66. The zero-order chi connectivity index (χ0) is 24.5. The van der Waals surface area contributed by atoms with Gasteiger partial charge in [0.15, 0.2) is 0 Å². The van der Waals surface area contributed by atoms with Crippen LogP contribution in [0.15, 0.2) is 53.2 Å². The predicted molar refractivity (Wildman–Crippen MR) is 119 cm³/mol. The maximum atomic E-state index is 13.1. The van der Waals surface area contributed by atoms with Gasteiger partial charge >= 0.3 is 11.9 Å². The van der Waals surface area contributed by atoms with Crippen molar-refractivity contribution < 1.29 is 34.0 Å². The molecule has 0 saturated carbocycles. The van der Waals surface area contributed by atoms with Crippen molar-refractivity contribution in [1.82, 2.24) is 15.6 Å². The van der Waals surface area contributed by atoms with Crippen molar-refractivity contribution in [3.05, 3.63) is 54.1 Å². The van der Waals surface area contributed by atoms with E-state index in [9.17, 15) is 24.6 Å². The molecule has 0 bridgehead atoms. The van der Waals surface area contributed by atoms with Gasteiger partial charge in [-0.1, -0.05) is 30.3 Å². The van der Waals surface area contributed by atoms with Gasteiger partial charge in [-0.15, -0.1) is 0 Å².